The summed E-state index contributed by atoms with van der Waals surface area (Å²) in [4.78, 5) is 24.7. The third kappa shape index (κ3) is 3.79. The average molecular weight is 344 g/mol. The maximum atomic E-state index is 13.3. The SMILES string of the molecule is O=C(O)CC1CCCN(C(=O)c2cc(F)cc(Br)c2)C1. The molecule has 20 heavy (non-hydrogen) atoms. The minimum atomic E-state index is -0.849. The van der Waals surface area contributed by atoms with Gasteiger partial charge in [0, 0.05) is 29.5 Å². The molecule has 2 rings (SSSR count). The smallest absolute Gasteiger partial charge is 0.303 e. The second-order valence-electron chi connectivity index (χ2n) is 5.02. The van der Waals surface area contributed by atoms with Crippen molar-refractivity contribution in [3.8, 4) is 0 Å². The maximum Gasteiger partial charge on any atom is 0.303 e. The van der Waals surface area contributed by atoms with Crippen LogP contribution in [0.3, 0.4) is 0 Å². The number of likely N-dealkylation sites (tertiary alicyclic amines) is 1. The van der Waals surface area contributed by atoms with Gasteiger partial charge in [-0.1, -0.05) is 15.9 Å². The molecule has 0 bridgehead atoms. The first-order chi connectivity index (χ1) is 9.45. The summed E-state index contributed by atoms with van der Waals surface area (Å²) in [7, 11) is 0. The molecule has 1 amide bonds. The van der Waals surface area contributed by atoms with Crippen LogP contribution in [0.5, 0.6) is 0 Å². The summed E-state index contributed by atoms with van der Waals surface area (Å²) in [5.74, 6) is -1.60. The van der Waals surface area contributed by atoms with Gasteiger partial charge in [-0.05, 0) is 37.0 Å². The lowest BCUT2D eigenvalue weighted by Crippen LogP contribution is -2.40. The van der Waals surface area contributed by atoms with Crippen molar-refractivity contribution >= 4 is 27.8 Å². The number of piperidine rings is 1. The predicted molar refractivity (Wildman–Crippen MR) is 75.0 cm³/mol. The van der Waals surface area contributed by atoms with Gasteiger partial charge in [-0.3, -0.25) is 9.59 Å². The quantitative estimate of drug-likeness (QED) is 0.917. The van der Waals surface area contributed by atoms with E-state index in [4.69, 9.17) is 5.11 Å². The van der Waals surface area contributed by atoms with Gasteiger partial charge in [0.2, 0.25) is 0 Å². The lowest BCUT2D eigenvalue weighted by molar-refractivity contribution is -0.138. The van der Waals surface area contributed by atoms with Crippen molar-refractivity contribution in [2.24, 2.45) is 5.92 Å². The van der Waals surface area contributed by atoms with E-state index in [1.807, 2.05) is 0 Å². The Bertz CT molecular complexity index is 515. The van der Waals surface area contributed by atoms with E-state index in [1.54, 1.807) is 11.0 Å². The van der Waals surface area contributed by atoms with E-state index in [0.29, 0.717) is 17.6 Å². The molecule has 0 aliphatic carbocycles. The zero-order valence-electron chi connectivity index (χ0n) is 10.8. The number of halogens is 2. The molecule has 1 aromatic carbocycles. The average Bonchev–Trinajstić information content (AvgIpc) is 2.36. The highest BCUT2D eigenvalue weighted by Crippen LogP contribution is 2.23. The molecule has 1 atom stereocenters. The van der Waals surface area contributed by atoms with Crippen LogP contribution in [0.15, 0.2) is 22.7 Å². The van der Waals surface area contributed by atoms with Crippen molar-refractivity contribution in [3.05, 3.63) is 34.1 Å². The first kappa shape index (κ1) is 15.0. The van der Waals surface area contributed by atoms with Gasteiger partial charge in [-0.25, -0.2) is 4.39 Å². The summed E-state index contributed by atoms with van der Waals surface area (Å²) in [5.41, 5.74) is 0.285. The van der Waals surface area contributed by atoms with Crippen LogP contribution in [0.25, 0.3) is 0 Å². The highest BCUT2D eigenvalue weighted by atomic mass is 79.9. The van der Waals surface area contributed by atoms with E-state index in [9.17, 15) is 14.0 Å². The lowest BCUT2D eigenvalue weighted by Gasteiger charge is -2.32. The summed E-state index contributed by atoms with van der Waals surface area (Å²) in [6, 6.07) is 4.07. The summed E-state index contributed by atoms with van der Waals surface area (Å²) in [6.45, 7) is 1.00. The molecule has 6 heteroatoms. The molecule has 1 aromatic rings. The second kappa shape index (κ2) is 6.35. The van der Waals surface area contributed by atoms with E-state index >= 15 is 0 Å². The van der Waals surface area contributed by atoms with Gasteiger partial charge in [-0.2, -0.15) is 0 Å². The van der Waals surface area contributed by atoms with Gasteiger partial charge >= 0.3 is 5.97 Å². The Hall–Kier alpha value is -1.43. The topological polar surface area (TPSA) is 57.6 Å². The van der Waals surface area contributed by atoms with Crippen LogP contribution < -0.4 is 0 Å². The predicted octanol–water partition coefficient (Wildman–Crippen LogP) is 2.92. The molecule has 1 unspecified atom stereocenters. The van der Waals surface area contributed by atoms with Gasteiger partial charge in [0.05, 0.1) is 0 Å². The number of carbonyl (C=O) groups is 2. The number of carboxylic acids is 1. The standard InChI is InChI=1S/C14H15BrFNO3/c15-11-5-10(6-12(16)7-11)14(20)17-3-1-2-9(8-17)4-13(18)19/h5-7,9H,1-4,8H2,(H,18,19). The molecule has 1 N–H and O–H groups in total. The summed E-state index contributed by atoms with van der Waals surface area (Å²) in [5, 5.41) is 8.82. The molecule has 4 nitrogen and oxygen atoms in total. The van der Waals surface area contributed by atoms with E-state index in [2.05, 4.69) is 15.9 Å². The number of carbonyl (C=O) groups excluding carboxylic acids is 1. The fourth-order valence-electron chi connectivity index (χ4n) is 2.52. The Morgan fingerprint density at radius 2 is 2.15 bits per heavy atom. The van der Waals surface area contributed by atoms with Gasteiger partial charge in [-0.15, -0.1) is 0 Å². The molecule has 1 aliphatic heterocycles. The largest absolute Gasteiger partial charge is 0.481 e. The second-order valence-corrected chi connectivity index (χ2v) is 5.93. The Balaban J connectivity index is 2.10. The molecule has 1 heterocycles. The third-order valence-electron chi connectivity index (χ3n) is 3.38. The van der Waals surface area contributed by atoms with Crippen LogP contribution in [-0.4, -0.2) is 35.0 Å². The number of rotatable bonds is 3. The zero-order chi connectivity index (χ0) is 14.7. The number of benzene rings is 1. The Labute approximate surface area is 124 Å². The molecular formula is C14H15BrFNO3. The Kier molecular flexibility index (Phi) is 4.75. The molecule has 0 aromatic heterocycles. The van der Waals surface area contributed by atoms with Crippen molar-refractivity contribution in [3.63, 3.8) is 0 Å². The highest BCUT2D eigenvalue weighted by Gasteiger charge is 2.26. The van der Waals surface area contributed by atoms with Crippen molar-refractivity contribution in [1.82, 2.24) is 4.90 Å². The van der Waals surface area contributed by atoms with Crippen molar-refractivity contribution in [2.45, 2.75) is 19.3 Å². The van der Waals surface area contributed by atoms with Gasteiger partial charge in [0.15, 0.2) is 0 Å². The fraction of sp³-hybridized carbons (Fsp3) is 0.429. The number of aliphatic carboxylic acids is 1. The van der Waals surface area contributed by atoms with Gasteiger partial charge in [0.25, 0.3) is 5.91 Å². The molecule has 1 aliphatic rings. The molecule has 0 saturated carbocycles. The minimum absolute atomic E-state index is 0.0257. The van der Waals surface area contributed by atoms with E-state index in [0.717, 1.165) is 12.8 Å². The number of amides is 1. The van der Waals surface area contributed by atoms with E-state index in [1.165, 1.54) is 12.1 Å². The zero-order valence-corrected chi connectivity index (χ0v) is 12.4. The van der Waals surface area contributed by atoms with Crippen LogP contribution in [0, 0.1) is 11.7 Å². The summed E-state index contributed by atoms with van der Waals surface area (Å²) < 4.78 is 13.8. The minimum Gasteiger partial charge on any atom is -0.481 e. The molecular weight excluding hydrogens is 329 g/mol. The maximum absolute atomic E-state index is 13.3. The first-order valence-corrected chi connectivity index (χ1v) is 7.22. The van der Waals surface area contributed by atoms with Crippen molar-refractivity contribution in [1.29, 1.82) is 0 Å². The summed E-state index contributed by atoms with van der Waals surface area (Å²) in [6.07, 6.45) is 1.65. The molecule has 0 spiro atoms. The normalized spacial score (nSPS) is 18.9. The first-order valence-electron chi connectivity index (χ1n) is 6.43. The van der Waals surface area contributed by atoms with Crippen molar-refractivity contribution < 1.29 is 19.1 Å². The summed E-state index contributed by atoms with van der Waals surface area (Å²) >= 11 is 3.16. The molecule has 108 valence electrons. The van der Waals surface area contributed by atoms with Crippen LogP contribution in [0.4, 0.5) is 4.39 Å². The van der Waals surface area contributed by atoms with Crippen LogP contribution in [-0.2, 0) is 4.79 Å². The van der Waals surface area contributed by atoms with Crippen molar-refractivity contribution in [2.75, 3.05) is 13.1 Å². The van der Waals surface area contributed by atoms with E-state index < -0.39 is 11.8 Å². The van der Waals surface area contributed by atoms with Gasteiger partial charge in [0.1, 0.15) is 5.82 Å². The van der Waals surface area contributed by atoms with Crippen LogP contribution in [0.2, 0.25) is 0 Å². The number of carboxylic acid groups (broad SMARTS) is 1. The molecule has 1 fully saturated rings. The Morgan fingerprint density at radius 1 is 1.40 bits per heavy atom. The molecule has 1 saturated heterocycles. The van der Waals surface area contributed by atoms with Crippen LogP contribution in [0.1, 0.15) is 29.6 Å². The Morgan fingerprint density at radius 3 is 2.80 bits per heavy atom. The fourth-order valence-corrected chi connectivity index (χ4v) is 2.99. The van der Waals surface area contributed by atoms with E-state index in [-0.39, 0.29) is 23.8 Å². The monoisotopic (exact) mass is 343 g/mol. The van der Waals surface area contributed by atoms with Gasteiger partial charge < -0.3 is 10.0 Å². The number of hydrogen-bond acceptors (Lipinski definition) is 2. The van der Waals surface area contributed by atoms with Crippen LogP contribution >= 0.6 is 15.9 Å². The molecule has 0 radical (unpaired) electrons. The number of hydrogen-bond donors (Lipinski definition) is 1. The lowest BCUT2D eigenvalue weighted by atomic mass is 9.94. The highest BCUT2D eigenvalue weighted by molar-refractivity contribution is 9.10. The number of nitrogens with zero attached hydrogens (tertiary/aromatic N) is 1. The third-order valence-corrected chi connectivity index (χ3v) is 3.84.